The molecule has 2 aromatic heterocycles. The maximum absolute atomic E-state index is 13.9. The van der Waals surface area contributed by atoms with Gasteiger partial charge in [-0.3, -0.25) is 9.20 Å². The zero-order chi connectivity index (χ0) is 22.8. The second-order valence-electron chi connectivity index (χ2n) is 7.44. The summed E-state index contributed by atoms with van der Waals surface area (Å²) >= 11 is 0. The highest BCUT2D eigenvalue weighted by molar-refractivity contribution is 5.95. The molecule has 9 heteroatoms. The van der Waals surface area contributed by atoms with Gasteiger partial charge in [0, 0.05) is 13.3 Å². The Morgan fingerprint density at radius 3 is 2.61 bits per heavy atom. The molecule has 1 unspecified atom stereocenters. The smallest absolute Gasteiger partial charge is 0.271 e. The average molecular weight is 428 g/mol. The summed E-state index contributed by atoms with van der Waals surface area (Å²) in [7, 11) is 1.44. The van der Waals surface area contributed by atoms with E-state index in [1.165, 1.54) is 17.6 Å². The molecule has 0 bridgehead atoms. The van der Waals surface area contributed by atoms with Crippen LogP contribution in [0.3, 0.4) is 0 Å². The Balaban J connectivity index is 1.98. The van der Waals surface area contributed by atoms with Gasteiger partial charge in [0.05, 0.1) is 23.9 Å². The van der Waals surface area contributed by atoms with Gasteiger partial charge in [0.15, 0.2) is 11.4 Å². The Morgan fingerprint density at radius 2 is 2.00 bits per heavy atom. The summed E-state index contributed by atoms with van der Waals surface area (Å²) in [6.07, 6.45) is 1.70. The Hall–Kier alpha value is -3.51. The first-order valence-corrected chi connectivity index (χ1v) is 9.47. The zero-order valence-electron chi connectivity index (χ0n) is 17.6. The number of imidazole rings is 1. The highest BCUT2D eigenvalue weighted by Crippen LogP contribution is 2.26. The largest absolute Gasteiger partial charge is 0.485 e. The first-order chi connectivity index (χ1) is 14.7. The SMILES string of the molecule is COCC(C)(C#N)NC(=O)c1c(C)nc2c(OCc3c(F)cccc3F)cc(C)cn12. The number of nitrogens with zero attached hydrogens (tertiary/aromatic N) is 3. The number of carbonyl (C=O) groups excluding carboxylic acids is 1. The van der Waals surface area contributed by atoms with Crippen molar-refractivity contribution in [1.29, 1.82) is 5.26 Å². The lowest BCUT2D eigenvalue weighted by atomic mass is 10.1. The van der Waals surface area contributed by atoms with Crippen molar-refractivity contribution < 1.29 is 23.0 Å². The highest BCUT2D eigenvalue weighted by atomic mass is 19.1. The number of halogens is 2. The minimum Gasteiger partial charge on any atom is -0.485 e. The topological polar surface area (TPSA) is 88.6 Å². The third kappa shape index (κ3) is 4.49. The van der Waals surface area contributed by atoms with Gasteiger partial charge in [0.2, 0.25) is 0 Å². The first-order valence-electron chi connectivity index (χ1n) is 9.47. The molecular weight excluding hydrogens is 406 g/mol. The molecule has 0 saturated heterocycles. The molecule has 31 heavy (non-hydrogen) atoms. The fourth-order valence-corrected chi connectivity index (χ4v) is 3.25. The van der Waals surface area contributed by atoms with Crippen molar-refractivity contribution in [2.45, 2.75) is 32.9 Å². The first kappa shape index (κ1) is 22.2. The summed E-state index contributed by atoms with van der Waals surface area (Å²) in [6, 6.07) is 7.29. The van der Waals surface area contributed by atoms with E-state index in [0.717, 1.165) is 17.7 Å². The monoisotopic (exact) mass is 428 g/mol. The quantitative estimate of drug-likeness (QED) is 0.623. The van der Waals surface area contributed by atoms with Gasteiger partial charge in [0.1, 0.15) is 29.5 Å². The van der Waals surface area contributed by atoms with E-state index in [0.29, 0.717) is 11.3 Å². The maximum Gasteiger partial charge on any atom is 0.271 e. The highest BCUT2D eigenvalue weighted by Gasteiger charge is 2.29. The molecule has 1 N–H and O–H groups in total. The molecule has 1 aromatic carbocycles. The molecule has 3 aromatic rings. The Morgan fingerprint density at radius 1 is 1.32 bits per heavy atom. The number of nitrogens with one attached hydrogen (secondary N) is 1. The lowest BCUT2D eigenvalue weighted by Gasteiger charge is -2.22. The molecule has 162 valence electrons. The second kappa shape index (κ2) is 8.70. The molecule has 0 spiro atoms. The second-order valence-corrected chi connectivity index (χ2v) is 7.44. The van der Waals surface area contributed by atoms with Crippen LogP contribution in [0.25, 0.3) is 5.65 Å². The zero-order valence-corrected chi connectivity index (χ0v) is 17.6. The molecule has 0 saturated carbocycles. The summed E-state index contributed by atoms with van der Waals surface area (Å²) in [4.78, 5) is 17.4. The fraction of sp³-hybridized carbons (Fsp3) is 0.318. The molecule has 0 radical (unpaired) electrons. The molecule has 1 amide bonds. The number of hydrogen-bond donors (Lipinski definition) is 1. The van der Waals surface area contributed by atoms with Crippen LogP contribution in [0.5, 0.6) is 5.75 Å². The average Bonchev–Trinajstić information content (AvgIpc) is 3.03. The molecule has 3 rings (SSSR count). The molecule has 0 fully saturated rings. The number of pyridine rings is 1. The van der Waals surface area contributed by atoms with E-state index in [1.54, 1.807) is 33.0 Å². The van der Waals surface area contributed by atoms with Gasteiger partial charge < -0.3 is 14.8 Å². The Bertz CT molecular complexity index is 1170. The van der Waals surface area contributed by atoms with E-state index >= 15 is 0 Å². The van der Waals surface area contributed by atoms with Gasteiger partial charge in [-0.05, 0) is 44.5 Å². The van der Waals surface area contributed by atoms with Crippen molar-refractivity contribution >= 4 is 11.6 Å². The number of ether oxygens (including phenoxy) is 2. The maximum atomic E-state index is 13.9. The Labute approximate surface area is 178 Å². The number of nitriles is 1. The predicted octanol–water partition coefficient (Wildman–Crippen LogP) is 3.47. The van der Waals surface area contributed by atoms with Crippen molar-refractivity contribution in [3.8, 4) is 11.8 Å². The molecule has 2 heterocycles. The van der Waals surface area contributed by atoms with Gasteiger partial charge in [-0.15, -0.1) is 0 Å². The van der Waals surface area contributed by atoms with Crippen molar-refractivity contribution in [3.63, 3.8) is 0 Å². The van der Waals surface area contributed by atoms with Gasteiger partial charge in [-0.25, -0.2) is 13.8 Å². The molecular formula is C22H22F2N4O3. The number of hydrogen-bond acceptors (Lipinski definition) is 5. The van der Waals surface area contributed by atoms with Gasteiger partial charge >= 0.3 is 0 Å². The number of aromatic nitrogens is 2. The van der Waals surface area contributed by atoms with Crippen molar-refractivity contribution in [1.82, 2.24) is 14.7 Å². The van der Waals surface area contributed by atoms with Crippen LogP contribution in [0.15, 0.2) is 30.5 Å². The summed E-state index contributed by atoms with van der Waals surface area (Å²) in [6.45, 7) is 4.66. The standard InChI is InChI=1S/C22H22F2N4O3/c1-13-8-18(31-10-15-16(23)6-5-7-17(15)24)20-26-14(2)19(28(20)9-13)21(29)27-22(3,11-25)12-30-4/h5-9H,10,12H2,1-4H3,(H,27,29). The van der Waals surface area contributed by atoms with Crippen LogP contribution in [-0.2, 0) is 11.3 Å². The number of fused-ring (bicyclic) bond motifs is 1. The van der Waals surface area contributed by atoms with Crippen LogP contribution in [-0.4, -0.2) is 34.5 Å². The van der Waals surface area contributed by atoms with E-state index in [-0.39, 0.29) is 30.2 Å². The number of carbonyl (C=O) groups is 1. The van der Waals surface area contributed by atoms with Crippen LogP contribution in [0, 0.1) is 36.8 Å². The predicted molar refractivity (Wildman–Crippen MR) is 109 cm³/mol. The van der Waals surface area contributed by atoms with Crippen LogP contribution >= 0.6 is 0 Å². The van der Waals surface area contributed by atoms with Crippen LogP contribution < -0.4 is 10.1 Å². The Kier molecular flexibility index (Phi) is 6.22. The van der Waals surface area contributed by atoms with E-state index in [2.05, 4.69) is 10.3 Å². The van der Waals surface area contributed by atoms with Crippen LogP contribution in [0.2, 0.25) is 0 Å². The third-order valence-electron chi connectivity index (χ3n) is 4.72. The molecule has 0 aliphatic heterocycles. The number of amides is 1. The summed E-state index contributed by atoms with van der Waals surface area (Å²) in [5.74, 6) is -1.66. The normalized spacial score (nSPS) is 12.9. The van der Waals surface area contributed by atoms with E-state index < -0.39 is 23.1 Å². The fourth-order valence-electron chi connectivity index (χ4n) is 3.25. The van der Waals surface area contributed by atoms with Gasteiger partial charge in [0.25, 0.3) is 5.91 Å². The van der Waals surface area contributed by atoms with Gasteiger partial charge in [-0.2, -0.15) is 5.26 Å². The lowest BCUT2D eigenvalue weighted by Crippen LogP contribution is -2.48. The summed E-state index contributed by atoms with van der Waals surface area (Å²) in [5.41, 5.74) is 0.250. The molecule has 0 aliphatic rings. The van der Waals surface area contributed by atoms with Crippen molar-refractivity contribution in [3.05, 3.63) is 64.6 Å². The number of aryl methyl sites for hydroxylation is 2. The molecule has 0 aliphatic carbocycles. The number of rotatable bonds is 7. The summed E-state index contributed by atoms with van der Waals surface area (Å²) < 4.78 is 40.1. The van der Waals surface area contributed by atoms with Gasteiger partial charge in [-0.1, -0.05) is 6.07 Å². The minimum absolute atomic E-state index is 0.00656. The van der Waals surface area contributed by atoms with E-state index in [4.69, 9.17) is 9.47 Å². The van der Waals surface area contributed by atoms with Crippen molar-refractivity contribution in [2.75, 3.05) is 13.7 Å². The number of benzene rings is 1. The summed E-state index contributed by atoms with van der Waals surface area (Å²) in [5, 5.41) is 12.1. The molecule has 7 nitrogen and oxygen atoms in total. The number of methoxy groups -OCH3 is 1. The molecule has 1 atom stereocenters. The minimum atomic E-state index is -1.23. The third-order valence-corrected chi connectivity index (χ3v) is 4.72. The van der Waals surface area contributed by atoms with Crippen LogP contribution in [0.1, 0.15) is 34.2 Å². The lowest BCUT2D eigenvalue weighted by molar-refractivity contribution is 0.0853. The van der Waals surface area contributed by atoms with E-state index in [1.807, 2.05) is 6.07 Å². The van der Waals surface area contributed by atoms with Crippen LogP contribution in [0.4, 0.5) is 8.78 Å². The van der Waals surface area contributed by atoms with E-state index in [9.17, 15) is 18.8 Å². The van der Waals surface area contributed by atoms with Crippen molar-refractivity contribution in [2.24, 2.45) is 0 Å².